The summed E-state index contributed by atoms with van der Waals surface area (Å²) in [6.07, 6.45) is 2.09. The average molecular weight is 349 g/mol. The van der Waals surface area contributed by atoms with Crippen LogP contribution in [0.2, 0.25) is 0 Å². The van der Waals surface area contributed by atoms with Crippen molar-refractivity contribution in [3.05, 3.63) is 45.4 Å². The van der Waals surface area contributed by atoms with Gasteiger partial charge in [-0.1, -0.05) is 12.1 Å². The van der Waals surface area contributed by atoms with Crippen molar-refractivity contribution in [2.75, 3.05) is 20.4 Å². The topological polar surface area (TPSA) is 40.5 Å². The van der Waals surface area contributed by atoms with Gasteiger partial charge in [0.25, 0.3) is 0 Å². The molecule has 1 aromatic heterocycles. The zero-order chi connectivity index (χ0) is 16.8. The molecule has 4 nitrogen and oxygen atoms in total. The molecule has 1 N–H and O–H groups in total. The van der Waals surface area contributed by atoms with Crippen LogP contribution in [0.5, 0.6) is 0 Å². The number of thiazole rings is 1. The Balaban J connectivity index is 1.95. The molecule has 0 aliphatic heterocycles. The summed E-state index contributed by atoms with van der Waals surface area (Å²) in [6, 6.07) is 8.67. The zero-order valence-corrected chi connectivity index (χ0v) is 16.0. The number of guanidine groups is 1. The second kappa shape index (κ2) is 8.36. The number of hydrogen-bond donors (Lipinski definition) is 1. The fourth-order valence-corrected chi connectivity index (χ4v) is 3.65. The molecule has 0 saturated heterocycles. The van der Waals surface area contributed by atoms with Crippen LogP contribution in [0, 0.1) is 13.8 Å². The van der Waals surface area contributed by atoms with Gasteiger partial charge in [0.15, 0.2) is 5.96 Å². The molecule has 0 amide bonds. The van der Waals surface area contributed by atoms with Crippen LogP contribution in [0.4, 0.5) is 0 Å². The van der Waals surface area contributed by atoms with E-state index in [1.54, 1.807) is 23.1 Å². The molecule has 0 spiro atoms. The van der Waals surface area contributed by atoms with E-state index in [4.69, 9.17) is 0 Å². The summed E-state index contributed by atoms with van der Waals surface area (Å²) >= 11 is 3.50. The molecule has 0 aliphatic carbocycles. The lowest BCUT2D eigenvalue weighted by atomic mass is 10.2. The lowest BCUT2D eigenvalue weighted by molar-refractivity contribution is 0.476. The van der Waals surface area contributed by atoms with E-state index >= 15 is 0 Å². The third-order valence-corrected chi connectivity index (χ3v) is 5.38. The Kier molecular flexibility index (Phi) is 6.47. The third kappa shape index (κ3) is 4.97. The van der Waals surface area contributed by atoms with Crippen LogP contribution in [-0.2, 0) is 13.1 Å². The third-order valence-electron chi connectivity index (χ3n) is 3.56. The first-order chi connectivity index (χ1) is 11.0. The minimum absolute atomic E-state index is 0.764. The minimum atomic E-state index is 0.764. The molecule has 0 bridgehead atoms. The van der Waals surface area contributed by atoms with Gasteiger partial charge in [-0.2, -0.15) is 0 Å². The van der Waals surface area contributed by atoms with E-state index in [1.165, 1.54) is 15.3 Å². The molecule has 23 heavy (non-hydrogen) atoms. The summed E-state index contributed by atoms with van der Waals surface area (Å²) in [7, 11) is 3.88. The van der Waals surface area contributed by atoms with Crippen molar-refractivity contribution >= 4 is 29.1 Å². The highest BCUT2D eigenvalue weighted by molar-refractivity contribution is 7.98. The SMILES string of the molecule is CN=C(NCc1sc(C)nc1C)N(C)Cc1ccc(SC)cc1. The standard InChI is InChI=1S/C17H24N4S2/c1-12-16(23-13(2)20-12)10-19-17(18-3)21(4)11-14-6-8-15(22-5)9-7-14/h6-9H,10-11H2,1-5H3,(H,18,19). The van der Waals surface area contributed by atoms with E-state index in [1.807, 2.05) is 14.0 Å². The summed E-state index contributed by atoms with van der Waals surface area (Å²) in [5.41, 5.74) is 2.38. The van der Waals surface area contributed by atoms with Gasteiger partial charge in [-0.3, -0.25) is 4.99 Å². The fourth-order valence-electron chi connectivity index (χ4n) is 2.36. The molecule has 0 radical (unpaired) electrons. The van der Waals surface area contributed by atoms with Crippen LogP contribution < -0.4 is 5.32 Å². The molecule has 0 saturated carbocycles. The van der Waals surface area contributed by atoms with Crippen LogP contribution in [-0.4, -0.2) is 36.2 Å². The highest BCUT2D eigenvalue weighted by Gasteiger charge is 2.09. The maximum absolute atomic E-state index is 4.47. The first kappa shape index (κ1) is 17.8. The van der Waals surface area contributed by atoms with Crippen molar-refractivity contribution in [3.63, 3.8) is 0 Å². The van der Waals surface area contributed by atoms with Gasteiger partial charge < -0.3 is 10.2 Å². The van der Waals surface area contributed by atoms with Gasteiger partial charge in [0.2, 0.25) is 0 Å². The highest BCUT2D eigenvalue weighted by atomic mass is 32.2. The number of aryl methyl sites for hydroxylation is 2. The first-order valence-corrected chi connectivity index (χ1v) is 9.55. The molecule has 0 fully saturated rings. The van der Waals surface area contributed by atoms with E-state index < -0.39 is 0 Å². The Morgan fingerprint density at radius 3 is 2.52 bits per heavy atom. The van der Waals surface area contributed by atoms with Crippen molar-refractivity contribution in [2.45, 2.75) is 31.8 Å². The second-order valence-electron chi connectivity index (χ2n) is 5.35. The molecule has 6 heteroatoms. The van der Waals surface area contributed by atoms with Crippen molar-refractivity contribution in [3.8, 4) is 0 Å². The Morgan fingerprint density at radius 1 is 1.30 bits per heavy atom. The van der Waals surface area contributed by atoms with Crippen molar-refractivity contribution in [1.29, 1.82) is 0 Å². The quantitative estimate of drug-likeness (QED) is 0.508. The molecule has 1 heterocycles. The number of benzene rings is 1. The Hall–Kier alpha value is -1.53. The van der Waals surface area contributed by atoms with Crippen molar-refractivity contribution in [1.82, 2.24) is 15.2 Å². The number of rotatable bonds is 5. The van der Waals surface area contributed by atoms with Crippen molar-refractivity contribution < 1.29 is 0 Å². The van der Waals surface area contributed by atoms with Gasteiger partial charge in [0, 0.05) is 30.4 Å². The second-order valence-corrected chi connectivity index (χ2v) is 7.51. The number of aromatic nitrogens is 1. The highest BCUT2D eigenvalue weighted by Crippen LogP contribution is 2.17. The van der Waals surface area contributed by atoms with Crippen LogP contribution >= 0.6 is 23.1 Å². The van der Waals surface area contributed by atoms with Crippen molar-refractivity contribution in [2.24, 2.45) is 4.99 Å². The molecular formula is C17H24N4S2. The molecule has 2 aromatic rings. The van der Waals surface area contributed by atoms with Gasteiger partial charge in [-0.15, -0.1) is 23.1 Å². The van der Waals surface area contributed by atoms with Gasteiger partial charge in [0.1, 0.15) is 0 Å². The summed E-state index contributed by atoms with van der Waals surface area (Å²) in [5.74, 6) is 0.893. The van der Waals surface area contributed by atoms with E-state index in [-0.39, 0.29) is 0 Å². The Morgan fingerprint density at radius 2 is 2.00 bits per heavy atom. The Bertz CT molecular complexity index is 662. The lowest BCUT2D eigenvalue weighted by Crippen LogP contribution is -2.38. The van der Waals surface area contributed by atoms with Gasteiger partial charge in [-0.05, 0) is 37.8 Å². The number of thioether (sulfide) groups is 1. The van der Waals surface area contributed by atoms with Gasteiger partial charge >= 0.3 is 0 Å². The fraction of sp³-hybridized carbons (Fsp3) is 0.412. The van der Waals surface area contributed by atoms with Gasteiger partial charge in [-0.25, -0.2) is 4.98 Å². The van der Waals surface area contributed by atoms with E-state index in [9.17, 15) is 0 Å². The largest absolute Gasteiger partial charge is 0.351 e. The minimum Gasteiger partial charge on any atom is -0.351 e. The maximum atomic E-state index is 4.47. The molecular weight excluding hydrogens is 324 g/mol. The molecule has 0 unspecified atom stereocenters. The van der Waals surface area contributed by atoms with E-state index in [2.05, 4.69) is 64.7 Å². The number of hydrogen-bond acceptors (Lipinski definition) is 4. The molecule has 1 aromatic carbocycles. The van der Waals surface area contributed by atoms with E-state index in [0.29, 0.717) is 0 Å². The van der Waals surface area contributed by atoms with Crippen LogP contribution in [0.25, 0.3) is 0 Å². The number of nitrogens with one attached hydrogen (secondary N) is 1. The molecule has 0 atom stereocenters. The van der Waals surface area contributed by atoms with Gasteiger partial charge in [0.05, 0.1) is 17.2 Å². The number of nitrogens with zero attached hydrogens (tertiary/aromatic N) is 3. The smallest absolute Gasteiger partial charge is 0.193 e. The Labute approximate surface area is 147 Å². The van der Waals surface area contributed by atoms with Crippen LogP contribution in [0.15, 0.2) is 34.2 Å². The average Bonchev–Trinajstić information content (AvgIpc) is 2.86. The summed E-state index contributed by atoms with van der Waals surface area (Å²) in [6.45, 7) is 5.69. The predicted molar refractivity (Wildman–Crippen MR) is 101 cm³/mol. The maximum Gasteiger partial charge on any atom is 0.193 e. The monoisotopic (exact) mass is 348 g/mol. The summed E-state index contributed by atoms with van der Waals surface area (Å²) < 4.78 is 0. The van der Waals surface area contributed by atoms with Crippen LogP contribution in [0.3, 0.4) is 0 Å². The molecule has 124 valence electrons. The normalized spacial score (nSPS) is 11.6. The lowest BCUT2D eigenvalue weighted by Gasteiger charge is -2.22. The van der Waals surface area contributed by atoms with E-state index in [0.717, 1.165) is 29.8 Å². The molecule has 0 aliphatic rings. The summed E-state index contributed by atoms with van der Waals surface area (Å²) in [5, 5.41) is 4.53. The van der Waals surface area contributed by atoms with Crippen LogP contribution in [0.1, 0.15) is 21.1 Å². The molecule has 2 rings (SSSR count). The zero-order valence-electron chi connectivity index (χ0n) is 14.4. The predicted octanol–water partition coefficient (Wildman–Crippen LogP) is 3.69. The summed E-state index contributed by atoms with van der Waals surface area (Å²) in [4.78, 5) is 13.5. The number of aliphatic imine (C=N–C) groups is 1. The first-order valence-electron chi connectivity index (χ1n) is 7.51.